The standard InChI is InChI=1S/C15H20N6O/c1-22-12-6-4-5-11(9-12)17-15-19-13(18-14(16)20-15)10-21-7-2-3-8-21/h4-6,9H,2-3,7-8,10H2,1H3,(H3,16,17,18,19,20). The molecule has 0 bridgehead atoms. The second kappa shape index (κ2) is 6.57. The molecule has 1 saturated heterocycles. The molecule has 1 aliphatic rings. The van der Waals surface area contributed by atoms with E-state index in [0.29, 0.717) is 18.3 Å². The van der Waals surface area contributed by atoms with Crippen LogP contribution in [0.25, 0.3) is 0 Å². The summed E-state index contributed by atoms with van der Waals surface area (Å²) in [7, 11) is 1.63. The molecular weight excluding hydrogens is 280 g/mol. The van der Waals surface area contributed by atoms with Crippen LogP contribution >= 0.6 is 0 Å². The summed E-state index contributed by atoms with van der Waals surface area (Å²) in [5, 5.41) is 3.14. The van der Waals surface area contributed by atoms with Crippen LogP contribution in [0.15, 0.2) is 24.3 Å². The average Bonchev–Trinajstić information content (AvgIpc) is 2.99. The van der Waals surface area contributed by atoms with Gasteiger partial charge in [-0.05, 0) is 38.1 Å². The second-order valence-corrected chi connectivity index (χ2v) is 5.27. The van der Waals surface area contributed by atoms with Crippen molar-refractivity contribution in [3.05, 3.63) is 30.1 Å². The first kappa shape index (κ1) is 14.5. The summed E-state index contributed by atoms with van der Waals surface area (Å²) in [6.07, 6.45) is 2.46. The molecule has 1 fully saturated rings. The number of ether oxygens (including phenoxy) is 1. The summed E-state index contributed by atoms with van der Waals surface area (Å²) in [5.41, 5.74) is 6.64. The van der Waals surface area contributed by atoms with E-state index >= 15 is 0 Å². The third-order valence-electron chi connectivity index (χ3n) is 3.59. The highest BCUT2D eigenvalue weighted by molar-refractivity contribution is 5.56. The molecule has 1 aromatic heterocycles. The van der Waals surface area contributed by atoms with Crippen molar-refractivity contribution >= 4 is 17.6 Å². The van der Waals surface area contributed by atoms with Crippen LogP contribution < -0.4 is 15.8 Å². The van der Waals surface area contributed by atoms with Crippen LogP contribution in [0.2, 0.25) is 0 Å². The third kappa shape index (κ3) is 3.62. The quantitative estimate of drug-likeness (QED) is 0.870. The first-order chi connectivity index (χ1) is 10.7. The van der Waals surface area contributed by atoms with Crippen LogP contribution in [-0.4, -0.2) is 40.1 Å². The predicted octanol–water partition coefficient (Wildman–Crippen LogP) is 1.80. The summed E-state index contributed by atoms with van der Waals surface area (Å²) >= 11 is 0. The van der Waals surface area contributed by atoms with Gasteiger partial charge in [0.2, 0.25) is 11.9 Å². The Morgan fingerprint density at radius 1 is 1.23 bits per heavy atom. The summed E-state index contributed by atoms with van der Waals surface area (Å²) < 4.78 is 5.20. The van der Waals surface area contributed by atoms with Gasteiger partial charge in [-0.3, -0.25) is 4.90 Å². The molecule has 0 radical (unpaired) electrons. The minimum Gasteiger partial charge on any atom is -0.497 e. The molecule has 3 rings (SSSR count). The Kier molecular flexibility index (Phi) is 4.34. The Labute approximate surface area is 129 Å². The highest BCUT2D eigenvalue weighted by Crippen LogP contribution is 2.20. The molecule has 22 heavy (non-hydrogen) atoms. The van der Waals surface area contributed by atoms with E-state index in [-0.39, 0.29) is 5.95 Å². The molecule has 3 N–H and O–H groups in total. The monoisotopic (exact) mass is 300 g/mol. The van der Waals surface area contributed by atoms with Crippen molar-refractivity contribution < 1.29 is 4.74 Å². The van der Waals surface area contributed by atoms with E-state index in [1.165, 1.54) is 12.8 Å². The molecule has 7 heteroatoms. The van der Waals surface area contributed by atoms with Gasteiger partial charge in [-0.1, -0.05) is 6.07 Å². The van der Waals surface area contributed by atoms with Crippen LogP contribution in [0.4, 0.5) is 17.6 Å². The maximum absolute atomic E-state index is 5.80. The summed E-state index contributed by atoms with van der Waals surface area (Å²) in [6.45, 7) is 2.88. The number of rotatable bonds is 5. The second-order valence-electron chi connectivity index (χ2n) is 5.27. The lowest BCUT2D eigenvalue weighted by atomic mass is 10.3. The van der Waals surface area contributed by atoms with Crippen LogP contribution in [0.1, 0.15) is 18.7 Å². The first-order valence-electron chi connectivity index (χ1n) is 7.37. The Bertz CT molecular complexity index is 642. The molecule has 7 nitrogen and oxygen atoms in total. The molecular formula is C15H20N6O. The number of aromatic nitrogens is 3. The van der Waals surface area contributed by atoms with Crippen LogP contribution in [0.3, 0.4) is 0 Å². The Balaban J connectivity index is 1.76. The molecule has 0 spiro atoms. The number of nitrogens with two attached hydrogens (primary N) is 1. The van der Waals surface area contributed by atoms with Gasteiger partial charge in [-0.15, -0.1) is 0 Å². The number of nitrogen functional groups attached to an aromatic ring is 1. The molecule has 0 unspecified atom stereocenters. The fourth-order valence-electron chi connectivity index (χ4n) is 2.54. The van der Waals surface area contributed by atoms with Crippen molar-refractivity contribution in [3.8, 4) is 5.75 Å². The number of benzene rings is 1. The molecule has 2 heterocycles. The zero-order valence-electron chi connectivity index (χ0n) is 12.6. The Hall–Kier alpha value is -2.41. The van der Waals surface area contributed by atoms with Crippen LogP contribution in [-0.2, 0) is 6.54 Å². The highest BCUT2D eigenvalue weighted by Gasteiger charge is 2.14. The van der Waals surface area contributed by atoms with E-state index < -0.39 is 0 Å². The topological polar surface area (TPSA) is 89.2 Å². The van der Waals surface area contributed by atoms with Crippen molar-refractivity contribution in [2.45, 2.75) is 19.4 Å². The zero-order valence-corrected chi connectivity index (χ0v) is 12.6. The fourth-order valence-corrected chi connectivity index (χ4v) is 2.54. The van der Waals surface area contributed by atoms with Crippen molar-refractivity contribution in [3.63, 3.8) is 0 Å². The highest BCUT2D eigenvalue weighted by atomic mass is 16.5. The van der Waals surface area contributed by atoms with Gasteiger partial charge in [0, 0.05) is 11.8 Å². The number of hydrogen-bond acceptors (Lipinski definition) is 7. The molecule has 1 aromatic carbocycles. The van der Waals surface area contributed by atoms with Crippen molar-refractivity contribution in [2.24, 2.45) is 0 Å². The Morgan fingerprint density at radius 2 is 2.05 bits per heavy atom. The maximum atomic E-state index is 5.80. The van der Waals surface area contributed by atoms with Gasteiger partial charge < -0.3 is 15.8 Å². The van der Waals surface area contributed by atoms with Gasteiger partial charge >= 0.3 is 0 Å². The number of nitrogens with zero attached hydrogens (tertiary/aromatic N) is 4. The molecule has 0 atom stereocenters. The summed E-state index contributed by atoms with van der Waals surface area (Å²) in [6, 6.07) is 7.57. The minimum absolute atomic E-state index is 0.231. The lowest BCUT2D eigenvalue weighted by Gasteiger charge is -2.14. The summed E-state index contributed by atoms with van der Waals surface area (Å²) in [5.74, 6) is 2.15. The molecule has 1 aliphatic heterocycles. The maximum Gasteiger partial charge on any atom is 0.232 e. The number of likely N-dealkylation sites (tertiary alicyclic amines) is 1. The van der Waals surface area contributed by atoms with E-state index in [2.05, 4.69) is 25.2 Å². The van der Waals surface area contributed by atoms with Crippen molar-refractivity contribution in [1.82, 2.24) is 19.9 Å². The van der Waals surface area contributed by atoms with Crippen molar-refractivity contribution in [1.29, 1.82) is 0 Å². The number of hydrogen-bond donors (Lipinski definition) is 2. The van der Waals surface area contributed by atoms with Crippen LogP contribution in [0, 0.1) is 0 Å². The van der Waals surface area contributed by atoms with Gasteiger partial charge in [0.15, 0.2) is 0 Å². The number of methoxy groups -OCH3 is 1. The molecule has 0 saturated carbocycles. The lowest BCUT2D eigenvalue weighted by Crippen LogP contribution is -2.21. The van der Waals surface area contributed by atoms with E-state index in [9.17, 15) is 0 Å². The predicted molar refractivity (Wildman–Crippen MR) is 85.0 cm³/mol. The number of nitrogens with one attached hydrogen (secondary N) is 1. The SMILES string of the molecule is COc1cccc(Nc2nc(N)nc(CN3CCCC3)n2)c1. The van der Waals surface area contributed by atoms with E-state index in [0.717, 1.165) is 24.5 Å². The molecule has 0 aliphatic carbocycles. The van der Waals surface area contributed by atoms with Crippen LogP contribution in [0.5, 0.6) is 5.75 Å². The largest absolute Gasteiger partial charge is 0.497 e. The minimum atomic E-state index is 0.231. The number of anilines is 3. The van der Waals surface area contributed by atoms with Crippen molar-refractivity contribution in [2.75, 3.05) is 31.2 Å². The van der Waals surface area contributed by atoms with Gasteiger partial charge in [-0.2, -0.15) is 15.0 Å². The third-order valence-corrected chi connectivity index (χ3v) is 3.59. The average molecular weight is 300 g/mol. The van der Waals surface area contributed by atoms with Gasteiger partial charge in [-0.25, -0.2) is 0 Å². The Morgan fingerprint density at radius 3 is 2.82 bits per heavy atom. The van der Waals surface area contributed by atoms with E-state index in [1.807, 2.05) is 24.3 Å². The van der Waals surface area contributed by atoms with Gasteiger partial charge in [0.1, 0.15) is 11.6 Å². The zero-order chi connectivity index (χ0) is 15.4. The molecule has 116 valence electrons. The van der Waals surface area contributed by atoms with E-state index in [1.54, 1.807) is 7.11 Å². The molecule has 0 amide bonds. The van der Waals surface area contributed by atoms with Gasteiger partial charge in [0.05, 0.1) is 13.7 Å². The lowest BCUT2D eigenvalue weighted by molar-refractivity contribution is 0.322. The molecule has 2 aromatic rings. The normalized spacial score (nSPS) is 15.0. The summed E-state index contributed by atoms with van der Waals surface area (Å²) in [4.78, 5) is 15.1. The van der Waals surface area contributed by atoms with Gasteiger partial charge in [0.25, 0.3) is 0 Å². The fraction of sp³-hybridized carbons (Fsp3) is 0.400. The first-order valence-corrected chi connectivity index (χ1v) is 7.37. The smallest absolute Gasteiger partial charge is 0.232 e. The van der Waals surface area contributed by atoms with E-state index in [4.69, 9.17) is 10.5 Å².